The van der Waals surface area contributed by atoms with E-state index in [1.807, 2.05) is 25.1 Å². The molecule has 2 aromatic rings. The van der Waals surface area contributed by atoms with Crippen molar-refractivity contribution in [3.05, 3.63) is 41.5 Å². The fourth-order valence-electron chi connectivity index (χ4n) is 2.71. The molecule has 0 aliphatic heterocycles. The zero-order chi connectivity index (χ0) is 14.8. The molecule has 0 aliphatic carbocycles. The molecular weight excluding hydrogens is 295 g/mol. The fourth-order valence-corrected chi connectivity index (χ4v) is 3.64. The Morgan fingerprint density at radius 3 is 2.00 bits per heavy atom. The molecule has 2 rings (SSSR count). The first kappa shape index (κ1) is 18.7. The van der Waals surface area contributed by atoms with Gasteiger partial charge in [-0.3, -0.25) is 0 Å². The summed E-state index contributed by atoms with van der Waals surface area (Å²) in [6, 6.07) is 9.19. The SMILES string of the molecule is CCCc1cc(CCC)c2ccccc2c1S(=O)(=O)[O-].[Na+]. The Bertz CT molecular complexity index is 724. The Hall–Kier alpha value is -0.390. The summed E-state index contributed by atoms with van der Waals surface area (Å²) in [4.78, 5) is -0.0326. The maximum atomic E-state index is 11.7. The maximum Gasteiger partial charge on any atom is 1.00 e. The molecule has 0 spiro atoms. The number of fused-ring (bicyclic) bond motifs is 1. The van der Waals surface area contributed by atoms with Crippen LogP contribution in [0.3, 0.4) is 0 Å². The van der Waals surface area contributed by atoms with Gasteiger partial charge in [-0.1, -0.05) is 57.0 Å². The monoisotopic (exact) mass is 314 g/mol. The molecule has 0 aliphatic rings. The molecule has 21 heavy (non-hydrogen) atoms. The molecule has 0 aromatic heterocycles. The third kappa shape index (κ3) is 4.08. The summed E-state index contributed by atoms with van der Waals surface area (Å²) in [6.45, 7) is 4.07. The van der Waals surface area contributed by atoms with E-state index in [0.717, 1.165) is 30.2 Å². The first-order chi connectivity index (χ1) is 9.49. The van der Waals surface area contributed by atoms with E-state index in [4.69, 9.17) is 0 Å². The van der Waals surface area contributed by atoms with Crippen LogP contribution in [0.15, 0.2) is 35.2 Å². The summed E-state index contributed by atoms with van der Waals surface area (Å²) < 4.78 is 35.0. The second-order valence-electron chi connectivity index (χ2n) is 5.02. The van der Waals surface area contributed by atoms with E-state index in [9.17, 15) is 13.0 Å². The summed E-state index contributed by atoms with van der Waals surface area (Å²) in [5.74, 6) is 0. The summed E-state index contributed by atoms with van der Waals surface area (Å²) >= 11 is 0. The average molecular weight is 314 g/mol. The Kier molecular flexibility index (Phi) is 6.88. The van der Waals surface area contributed by atoms with Crippen molar-refractivity contribution >= 4 is 20.9 Å². The molecule has 108 valence electrons. The zero-order valence-electron chi connectivity index (χ0n) is 12.8. The normalized spacial score (nSPS) is 11.4. The quantitative estimate of drug-likeness (QED) is 0.601. The number of hydrogen-bond acceptors (Lipinski definition) is 3. The Balaban J connectivity index is 0.00000220. The Morgan fingerprint density at radius 2 is 1.48 bits per heavy atom. The summed E-state index contributed by atoms with van der Waals surface area (Å²) in [5, 5.41) is 1.44. The van der Waals surface area contributed by atoms with E-state index in [0.29, 0.717) is 17.4 Å². The van der Waals surface area contributed by atoms with Gasteiger partial charge in [-0.15, -0.1) is 0 Å². The third-order valence-corrected chi connectivity index (χ3v) is 4.43. The zero-order valence-corrected chi connectivity index (χ0v) is 15.7. The number of hydrogen-bond donors (Lipinski definition) is 0. The predicted octanol–water partition coefficient (Wildman–Crippen LogP) is 0.653. The molecule has 0 heterocycles. The molecular formula is C16H19NaO3S. The van der Waals surface area contributed by atoms with Gasteiger partial charge in [0.15, 0.2) is 0 Å². The van der Waals surface area contributed by atoms with Crippen LogP contribution < -0.4 is 29.6 Å². The molecule has 0 N–H and O–H groups in total. The van der Waals surface area contributed by atoms with Crippen LogP contribution in [0.25, 0.3) is 10.8 Å². The van der Waals surface area contributed by atoms with Crippen LogP contribution in [0.1, 0.15) is 37.8 Å². The largest absolute Gasteiger partial charge is 1.00 e. The van der Waals surface area contributed by atoms with Crippen molar-refractivity contribution in [1.82, 2.24) is 0 Å². The molecule has 3 nitrogen and oxygen atoms in total. The van der Waals surface area contributed by atoms with Gasteiger partial charge in [-0.05, 0) is 34.7 Å². The van der Waals surface area contributed by atoms with Gasteiger partial charge < -0.3 is 4.55 Å². The van der Waals surface area contributed by atoms with E-state index >= 15 is 0 Å². The van der Waals surface area contributed by atoms with Crippen LogP contribution >= 0.6 is 0 Å². The van der Waals surface area contributed by atoms with E-state index in [2.05, 4.69) is 6.92 Å². The van der Waals surface area contributed by atoms with Crippen molar-refractivity contribution in [2.24, 2.45) is 0 Å². The average Bonchev–Trinajstić information content (AvgIpc) is 2.38. The molecule has 0 bridgehead atoms. The predicted molar refractivity (Wildman–Crippen MR) is 79.9 cm³/mol. The third-order valence-electron chi connectivity index (χ3n) is 3.45. The molecule has 0 amide bonds. The van der Waals surface area contributed by atoms with Gasteiger partial charge >= 0.3 is 29.6 Å². The molecule has 0 saturated heterocycles. The molecule has 0 unspecified atom stereocenters. The van der Waals surface area contributed by atoms with Crippen LogP contribution in [-0.4, -0.2) is 13.0 Å². The van der Waals surface area contributed by atoms with E-state index in [-0.39, 0.29) is 34.5 Å². The molecule has 2 aromatic carbocycles. The van der Waals surface area contributed by atoms with Gasteiger partial charge in [-0.2, -0.15) is 0 Å². The minimum absolute atomic E-state index is 0. The van der Waals surface area contributed by atoms with E-state index in [1.54, 1.807) is 12.1 Å². The van der Waals surface area contributed by atoms with Gasteiger partial charge in [0, 0.05) is 0 Å². The van der Waals surface area contributed by atoms with Crippen molar-refractivity contribution in [2.75, 3.05) is 0 Å². The molecule has 0 saturated carbocycles. The summed E-state index contributed by atoms with van der Waals surface area (Å²) in [6.07, 6.45) is 3.29. The summed E-state index contributed by atoms with van der Waals surface area (Å²) in [7, 11) is -4.46. The molecule has 0 atom stereocenters. The Morgan fingerprint density at radius 1 is 0.952 bits per heavy atom. The maximum absolute atomic E-state index is 11.7. The number of aryl methyl sites for hydroxylation is 2. The van der Waals surface area contributed by atoms with Gasteiger partial charge in [0.05, 0.1) is 4.90 Å². The van der Waals surface area contributed by atoms with Crippen LogP contribution in [0, 0.1) is 0 Å². The van der Waals surface area contributed by atoms with E-state index < -0.39 is 10.1 Å². The second-order valence-corrected chi connectivity index (χ2v) is 6.34. The number of benzene rings is 2. The van der Waals surface area contributed by atoms with Crippen LogP contribution in [-0.2, 0) is 23.0 Å². The van der Waals surface area contributed by atoms with Crippen molar-refractivity contribution in [3.63, 3.8) is 0 Å². The van der Waals surface area contributed by atoms with Crippen LogP contribution in [0.2, 0.25) is 0 Å². The Labute approximate surface area is 148 Å². The summed E-state index contributed by atoms with van der Waals surface area (Å²) in [5.41, 5.74) is 1.78. The number of rotatable bonds is 5. The molecule has 5 heteroatoms. The molecule has 0 radical (unpaired) electrons. The van der Waals surface area contributed by atoms with Crippen molar-refractivity contribution in [1.29, 1.82) is 0 Å². The smallest absolute Gasteiger partial charge is 0.744 e. The van der Waals surface area contributed by atoms with Crippen molar-refractivity contribution in [2.45, 2.75) is 44.4 Å². The van der Waals surface area contributed by atoms with Crippen LogP contribution in [0.5, 0.6) is 0 Å². The standard InChI is InChI=1S/C16H20O3S.Na/c1-3-7-12-11-13(8-4-2)16(20(17,18)19)15-10-6-5-9-14(12)15;/h5-6,9-11H,3-4,7-8H2,1-2H3,(H,17,18,19);/q;+1/p-1. The van der Waals surface area contributed by atoms with Gasteiger partial charge in [0.2, 0.25) is 0 Å². The topological polar surface area (TPSA) is 57.2 Å². The van der Waals surface area contributed by atoms with E-state index in [1.165, 1.54) is 0 Å². The second kappa shape index (κ2) is 7.75. The van der Waals surface area contributed by atoms with Crippen LogP contribution in [0.4, 0.5) is 0 Å². The van der Waals surface area contributed by atoms with Gasteiger partial charge in [0.1, 0.15) is 10.1 Å². The molecule has 0 fully saturated rings. The first-order valence-corrected chi connectivity index (χ1v) is 8.39. The van der Waals surface area contributed by atoms with Gasteiger partial charge in [-0.25, -0.2) is 8.42 Å². The van der Waals surface area contributed by atoms with Gasteiger partial charge in [0.25, 0.3) is 0 Å². The first-order valence-electron chi connectivity index (χ1n) is 6.98. The van der Waals surface area contributed by atoms with Crippen molar-refractivity contribution in [3.8, 4) is 0 Å². The fraction of sp³-hybridized carbons (Fsp3) is 0.375. The van der Waals surface area contributed by atoms with Crippen molar-refractivity contribution < 1.29 is 42.5 Å². The minimum atomic E-state index is -4.46. The minimum Gasteiger partial charge on any atom is -0.744 e.